The summed E-state index contributed by atoms with van der Waals surface area (Å²) >= 11 is 0. The Kier molecular flexibility index (Phi) is 5.69. The lowest BCUT2D eigenvalue weighted by Crippen LogP contribution is -2.02. The standard InChI is InChI=1S/C22H21N3O3/c1-15(26)20(16(2)27)14-23-22-13-21(17-9-11-19(28-3)12-10-17)24-25(22)18-7-5-4-6-8-18/h4-14,26H,1-3H3. The number of allylic oxidation sites excluding steroid dienone is 2. The molecule has 0 saturated heterocycles. The van der Waals surface area contributed by atoms with Crippen LogP contribution in [0.25, 0.3) is 16.9 Å². The fourth-order valence-electron chi connectivity index (χ4n) is 2.70. The molecule has 3 aromatic rings. The molecular weight excluding hydrogens is 354 g/mol. The molecule has 0 spiro atoms. The van der Waals surface area contributed by atoms with Gasteiger partial charge in [0.15, 0.2) is 11.6 Å². The molecule has 0 aliphatic carbocycles. The van der Waals surface area contributed by atoms with Crippen molar-refractivity contribution in [2.75, 3.05) is 7.11 Å². The summed E-state index contributed by atoms with van der Waals surface area (Å²) < 4.78 is 6.90. The molecule has 0 radical (unpaired) electrons. The molecule has 2 aromatic carbocycles. The van der Waals surface area contributed by atoms with Crippen molar-refractivity contribution in [3.8, 4) is 22.7 Å². The van der Waals surface area contributed by atoms with Gasteiger partial charge in [-0.15, -0.1) is 0 Å². The van der Waals surface area contributed by atoms with E-state index in [1.165, 1.54) is 20.1 Å². The maximum atomic E-state index is 11.7. The van der Waals surface area contributed by atoms with Crippen molar-refractivity contribution < 1.29 is 14.6 Å². The van der Waals surface area contributed by atoms with Crippen LogP contribution in [0.3, 0.4) is 0 Å². The van der Waals surface area contributed by atoms with Crippen LogP contribution in [0.15, 0.2) is 77.0 Å². The van der Waals surface area contributed by atoms with Crippen LogP contribution in [0.4, 0.5) is 5.82 Å². The van der Waals surface area contributed by atoms with Crippen LogP contribution in [0.1, 0.15) is 13.8 Å². The van der Waals surface area contributed by atoms with Crippen molar-refractivity contribution in [2.45, 2.75) is 13.8 Å². The molecule has 1 aromatic heterocycles. The molecule has 1 heterocycles. The molecule has 28 heavy (non-hydrogen) atoms. The molecule has 0 aliphatic heterocycles. The van der Waals surface area contributed by atoms with Gasteiger partial charge in [-0.25, -0.2) is 9.67 Å². The fraction of sp³-hybridized carbons (Fsp3) is 0.136. The second-order valence-corrected chi connectivity index (χ2v) is 6.18. The van der Waals surface area contributed by atoms with E-state index in [9.17, 15) is 9.90 Å². The number of methoxy groups -OCH3 is 1. The topological polar surface area (TPSA) is 76.7 Å². The highest BCUT2D eigenvalue weighted by Crippen LogP contribution is 2.28. The molecule has 0 bridgehead atoms. The van der Waals surface area contributed by atoms with Crippen LogP contribution >= 0.6 is 0 Å². The number of carbonyl (C=O) groups is 1. The third kappa shape index (κ3) is 4.17. The molecule has 0 fully saturated rings. The predicted molar refractivity (Wildman–Crippen MR) is 110 cm³/mol. The van der Waals surface area contributed by atoms with Gasteiger partial charge in [0.05, 0.1) is 24.1 Å². The van der Waals surface area contributed by atoms with Crippen molar-refractivity contribution in [3.05, 3.63) is 72.0 Å². The summed E-state index contributed by atoms with van der Waals surface area (Å²) in [5, 5.41) is 14.4. The van der Waals surface area contributed by atoms with Gasteiger partial charge in [0.2, 0.25) is 0 Å². The number of carbonyl (C=O) groups excluding carboxylic acids is 1. The normalized spacial score (nSPS) is 12.1. The average Bonchev–Trinajstić information content (AvgIpc) is 3.12. The lowest BCUT2D eigenvalue weighted by atomic mass is 10.1. The van der Waals surface area contributed by atoms with Crippen LogP contribution in [0, 0.1) is 0 Å². The molecule has 0 amide bonds. The summed E-state index contributed by atoms with van der Waals surface area (Å²) in [6.45, 7) is 2.85. The van der Waals surface area contributed by atoms with E-state index >= 15 is 0 Å². The van der Waals surface area contributed by atoms with E-state index in [4.69, 9.17) is 4.74 Å². The van der Waals surface area contributed by atoms with Gasteiger partial charge in [-0.1, -0.05) is 18.2 Å². The Balaban J connectivity index is 2.08. The number of ether oxygens (including phenoxy) is 1. The van der Waals surface area contributed by atoms with Crippen LogP contribution in [-0.2, 0) is 4.79 Å². The smallest absolute Gasteiger partial charge is 0.164 e. The predicted octanol–water partition coefficient (Wildman–Crippen LogP) is 4.67. The highest BCUT2D eigenvalue weighted by molar-refractivity contribution is 6.12. The van der Waals surface area contributed by atoms with Crippen molar-refractivity contribution in [2.24, 2.45) is 4.99 Å². The fourth-order valence-corrected chi connectivity index (χ4v) is 2.70. The Labute approximate surface area is 163 Å². The van der Waals surface area contributed by atoms with E-state index in [1.54, 1.807) is 11.8 Å². The number of hydrogen-bond acceptors (Lipinski definition) is 5. The quantitative estimate of drug-likeness (QED) is 0.386. The van der Waals surface area contributed by atoms with Crippen LogP contribution < -0.4 is 4.74 Å². The molecule has 6 nitrogen and oxygen atoms in total. The molecule has 1 N–H and O–H groups in total. The summed E-state index contributed by atoms with van der Waals surface area (Å²) in [4.78, 5) is 16.1. The van der Waals surface area contributed by atoms with Gasteiger partial charge in [-0.05, 0) is 50.2 Å². The van der Waals surface area contributed by atoms with Gasteiger partial charge in [0.25, 0.3) is 0 Å². The lowest BCUT2D eigenvalue weighted by molar-refractivity contribution is -0.113. The molecule has 0 saturated carbocycles. The summed E-state index contributed by atoms with van der Waals surface area (Å²) in [5.41, 5.74) is 2.63. The number of benzene rings is 2. The summed E-state index contributed by atoms with van der Waals surface area (Å²) in [7, 11) is 1.62. The van der Waals surface area contributed by atoms with Crippen molar-refractivity contribution in [3.63, 3.8) is 0 Å². The minimum atomic E-state index is -0.259. The summed E-state index contributed by atoms with van der Waals surface area (Å²) in [6.07, 6.45) is 1.37. The number of hydrogen-bond donors (Lipinski definition) is 1. The maximum absolute atomic E-state index is 11.7. The highest BCUT2D eigenvalue weighted by Gasteiger charge is 2.12. The first-order valence-corrected chi connectivity index (χ1v) is 8.74. The van der Waals surface area contributed by atoms with Gasteiger partial charge >= 0.3 is 0 Å². The Hall–Kier alpha value is -3.67. The second-order valence-electron chi connectivity index (χ2n) is 6.18. The maximum Gasteiger partial charge on any atom is 0.164 e. The van der Waals surface area contributed by atoms with E-state index < -0.39 is 0 Å². The molecule has 0 atom stereocenters. The number of aliphatic hydroxyl groups excluding tert-OH is 1. The van der Waals surface area contributed by atoms with Gasteiger partial charge < -0.3 is 9.84 Å². The van der Waals surface area contributed by atoms with Crippen molar-refractivity contribution in [1.29, 1.82) is 0 Å². The number of aliphatic hydroxyl groups is 1. The number of aromatic nitrogens is 2. The van der Waals surface area contributed by atoms with E-state index in [0.717, 1.165) is 22.7 Å². The summed E-state index contributed by atoms with van der Waals surface area (Å²) in [6, 6.07) is 19.0. The Morgan fingerprint density at radius 3 is 2.36 bits per heavy atom. The number of para-hydroxylation sites is 1. The van der Waals surface area contributed by atoms with Crippen LogP contribution in [0.2, 0.25) is 0 Å². The largest absolute Gasteiger partial charge is 0.512 e. The van der Waals surface area contributed by atoms with E-state index in [0.29, 0.717) is 5.82 Å². The number of Topliss-reactive ketones (excluding diaryl/α,β-unsaturated/α-hetero) is 1. The molecule has 3 rings (SSSR count). The van der Waals surface area contributed by atoms with Gasteiger partial charge in [-0.3, -0.25) is 4.79 Å². The molecular formula is C22H21N3O3. The van der Waals surface area contributed by atoms with E-state index in [2.05, 4.69) is 10.1 Å². The molecule has 142 valence electrons. The lowest BCUT2D eigenvalue weighted by Gasteiger charge is -2.04. The van der Waals surface area contributed by atoms with Crippen LogP contribution in [-0.4, -0.2) is 34.0 Å². The van der Waals surface area contributed by atoms with E-state index in [-0.39, 0.29) is 17.1 Å². The molecule has 0 aliphatic rings. The first-order chi connectivity index (χ1) is 13.5. The Bertz CT molecular complexity index is 1030. The van der Waals surface area contributed by atoms with Crippen LogP contribution in [0.5, 0.6) is 5.75 Å². The third-order valence-electron chi connectivity index (χ3n) is 4.17. The summed E-state index contributed by atoms with van der Waals surface area (Å²) in [5.74, 6) is 0.971. The van der Waals surface area contributed by atoms with Gasteiger partial charge in [-0.2, -0.15) is 5.10 Å². The Morgan fingerprint density at radius 1 is 1.11 bits per heavy atom. The number of rotatable bonds is 6. The highest BCUT2D eigenvalue weighted by atomic mass is 16.5. The first kappa shape index (κ1) is 19.1. The zero-order valence-corrected chi connectivity index (χ0v) is 16.0. The SMILES string of the molecule is COc1ccc(-c2cc(N=CC(C(C)=O)=C(C)O)n(-c3ccccc3)n2)cc1. The molecule has 0 unspecified atom stereocenters. The van der Waals surface area contributed by atoms with Gasteiger partial charge in [0.1, 0.15) is 11.5 Å². The van der Waals surface area contributed by atoms with Crippen molar-refractivity contribution >= 4 is 17.8 Å². The second kappa shape index (κ2) is 8.35. The Morgan fingerprint density at radius 2 is 1.79 bits per heavy atom. The van der Waals surface area contributed by atoms with Gasteiger partial charge in [0, 0.05) is 17.8 Å². The zero-order chi connectivity index (χ0) is 20.1. The number of ketones is 1. The first-order valence-electron chi connectivity index (χ1n) is 8.74. The minimum Gasteiger partial charge on any atom is -0.512 e. The monoisotopic (exact) mass is 375 g/mol. The third-order valence-corrected chi connectivity index (χ3v) is 4.17. The number of aliphatic imine (C=N–C) groups is 1. The van der Waals surface area contributed by atoms with E-state index in [1.807, 2.05) is 60.7 Å². The number of nitrogens with zero attached hydrogens (tertiary/aromatic N) is 3. The zero-order valence-electron chi connectivity index (χ0n) is 16.0. The van der Waals surface area contributed by atoms with Crippen molar-refractivity contribution in [1.82, 2.24) is 9.78 Å². The molecule has 6 heteroatoms. The average molecular weight is 375 g/mol. The minimum absolute atomic E-state index is 0.0718.